The van der Waals surface area contributed by atoms with Crippen molar-refractivity contribution in [3.05, 3.63) is 0 Å². The van der Waals surface area contributed by atoms with Gasteiger partial charge < -0.3 is 15.7 Å². The van der Waals surface area contributed by atoms with Crippen LogP contribution in [0, 0.1) is 5.92 Å². The fourth-order valence-electron chi connectivity index (χ4n) is 1.99. The first-order chi connectivity index (χ1) is 7.67. The summed E-state index contributed by atoms with van der Waals surface area (Å²) in [6.07, 6.45) is 4.85. The highest BCUT2D eigenvalue weighted by Crippen LogP contribution is 2.17. The van der Waals surface area contributed by atoms with Crippen LogP contribution in [0.5, 0.6) is 0 Å². The normalized spacial score (nSPS) is 18.0. The summed E-state index contributed by atoms with van der Waals surface area (Å²) >= 11 is 0. The molecule has 1 fully saturated rings. The van der Waals surface area contributed by atoms with Crippen LogP contribution in [0.3, 0.4) is 0 Å². The lowest BCUT2D eigenvalue weighted by Gasteiger charge is -2.27. The first-order valence-electron chi connectivity index (χ1n) is 6.39. The Bertz CT molecular complexity index is 213. The van der Waals surface area contributed by atoms with Gasteiger partial charge in [-0.15, -0.1) is 0 Å². The summed E-state index contributed by atoms with van der Waals surface area (Å²) in [4.78, 5) is 11.4. The number of rotatable bonds is 6. The molecule has 1 aliphatic rings. The molecule has 0 unspecified atom stereocenters. The van der Waals surface area contributed by atoms with E-state index in [0.29, 0.717) is 12.6 Å². The molecule has 1 atom stereocenters. The monoisotopic (exact) mass is 228 g/mol. The zero-order chi connectivity index (χ0) is 12.0. The molecule has 0 bridgehead atoms. The molecule has 1 rings (SSSR count). The maximum Gasteiger partial charge on any atom is 0.315 e. The number of amides is 2. The van der Waals surface area contributed by atoms with E-state index in [1.54, 1.807) is 0 Å². The standard InChI is InChI=1S/C12H24N2O2/c1-3-9(4-2)11(15)8-13-12(16)14-10-6-5-7-10/h9-11,15H,3-8H2,1-2H3,(H2,13,14,16)/t11-/m0/s1. The molecule has 0 aromatic carbocycles. The molecule has 0 aromatic heterocycles. The number of carbonyl (C=O) groups excluding carboxylic acids is 1. The molecule has 0 heterocycles. The lowest BCUT2D eigenvalue weighted by Crippen LogP contribution is -2.47. The summed E-state index contributed by atoms with van der Waals surface area (Å²) in [5.74, 6) is 0.281. The van der Waals surface area contributed by atoms with Gasteiger partial charge in [0.2, 0.25) is 0 Å². The fraction of sp³-hybridized carbons (Fsp3) is 0.917. The zero-order valence-corrected chi connectivity index (χ0v) is 10.3. The molecule has 0 aromatic rings. The number of nitrogens with one attached hydrogen (secondary N) is 2. The number of hydrogen-bond donors (Lipinski definition) is 3. The third-order valence-electron chi connectivity index (χ3n) is 3.51. The van der Waals surface area contributed by atoms with Gasteiger partial charge in [0.05, 0.1) is 6.10 Å². The molecule has 94 valence electrons. The van der Waals surface area contributed by atoms with Crippen molar-refractivity contribution in [2.45, 2.75) is 58.1 Å². The van der Waals surface area contributed by atoms with Gasteiger partial charge in [-0.2, -0.15) is 0 Å². The lowest BCUT2D eigenvalue weighted by atomic mass is 9.93. The molecule has 4 heteroatoms. The van der Waals surface area contributed by atoms with E-state index >= 15 is 0 Å². The second kappa shape index (κ2) is 6.74. The van der Waals surface area contributed by atoms with Gasteiger partial charge in [-0.1, -0.05) is 26.7 Å². The summed E-state index contributed by atoms with van der Waals surface area (Å²) in [6.45, 7) is 4.47. The molecule has 0 aliphatic heterocycles. The number of carbonyl (C=O) groups is 1. The first kappa shape index (κ1) is 13.3. The van der Waals surface area contributed by atoms with Gasteiger partial charge >= 0.3 is 6.03 Å². The smallest absolute Gasteiger partial charge is 0.315 e. The van der Waals surface area contributed by atoms with Gasteiger partial charge in [-0.25, -0.2) is 4.79 Å². The Labute approximate surface area is 97.8 Å². The Morgan fingerprint density at radius 3 is 2.44 bits per heavy atom. The van der Waals surface area contributed by atoms with Gasteiger partial charge in [0.25, 0.3) is 0 Å². The summed E-state index contributed by atoms with van der Waals surface area (Å²) < 4.78 is 0. The molecule has 0 radical (unpaired) electrons. The van der Waals surface area contributed by atoms with Crippen LogP contribution < -0.4 is 10.6 Å². The largest absolute Gasteiger partial charge is 0.391 e. The quantitative estimate of drug-likeness (QED) is 0.647. The van der Waals surface area contributed by atoms with E-state index in [-0.39, 0.29) is 11.9 Å². The average Bonchev–Trinajstić information content (AvgIpc) is 2.22. The topological polar surface area (TPSA) is 61.4 Å². The highest BCUT2D eigenvalue weighted by molar-refractivity contribution is 5.74. The van der Waals surface area contributed by atoms with Crippen molar-refractivity contribution >= 4 is 6.03 Å². The van der Waals surface area contributed by atoms with Gasteiger partial charge in [0.1, 0.15) is 0 Å². The van der Waals surface area contributed by atoms with E-state index < -0.39 is 6.10 Å². The van der Waals surface area contributed by atoms with Crippen LogP contribution in [0.25, 0.3) is 0 Å². The maximum atomic E-state index is 11.4. The van der Waals surface area contributed by atoms with Gasteiger partial charge in [0, 0.05) is 12.6 Å². The zero-order valence-electron chi connectivity index (χ0n) is 10.3. The third-order valence-corrected chi connectivity index (χ3v) is 3.51. The van der Waals surface area contributed by atoms with Crippen LogP contribution in [0.15, 0.2) is 0 Å². The predicted octanol–water partition coefficient (Wildman–Crippen LogP) is 1.64. The molecular formula is C12H24N2O2. The van der Waals surface area contributed by atoms with E-state index in [9.17, 15) is 9.90 Å². The molecule has 4 nitrogen and oxygen atoms in total. The second-order valence-corrected chi connectivity index (χ2v) is 4.63. The Kier molecular flexibility index (Phi) is 5.60. The van der Waals surface area contributed by atoms with Crippen molar-refractivity contribution in [1.82, 2.24) is 10.6 Å². The minimum Gasteiger partial charge on any atom is -0.391 e. The van der Waals surface area contributed by atoms with Crippen molar-refractivity contribution in [2.75, 3.05) is 6.54 Å². The molecule has 0 saturated heterocycles. The first-order valence-corrected chi connectivity index (χ1v) is 6.39. The van der Waals surface area contributed by atoms with Crippen molar-refractivity contribution in [2.24, 2.45) is 5.92 Å². The maximum absolute atomic E-state index is 11.4. The van der Waals surface area contributed by atoms with Crippen LogP contribution in [0.2, 0.25) is 0 Å². The number of urea groups is 1. The highest BCUT2D eigenvalue weighted by atomic mass is 16.3. The fourth-order valence-corrected chi connectivity index (χ4v) is 1.99. The van der Waals surface area contributed by atoms with E-state index in [2.05, 4.69) is 24.5 Å². The third kappa shape index (κ3) is 4.00. The predicted molar refractivity (Wildman–Crippen MR) is 64.3 cm³/mol. The molecule has 1 aliphatic carbocycles. The minimum absolute atomic E-state index is 0.144. The van der Waals surface area contributed by atoms with Crippen molar-refractivity contribution < 1.29 is 9.90 Å². The molecule has 2 amide bonds. The SMILES string of the molecule is CCC(CC)[C@@H](O)CNC(=O)NC1CCC1. The Balaban J connectivity index is 2.14. The highest BCUT2D eigenvalue weighted by Gasteiger charge is 2.20. The Morgan fingerprint density at radius 2 is 2.00 bits per heavy atom. The summed E-state index contributed by atoms with van der Waals surface area (Å²) in [5.41, 5.74) is 0. The second-order valence-electron chi connectivity index (χ2n) is 4.63. The molecule has 3 N–H and O–H groups in total. The van der Waals surface area contributed by atoms with Crippen molar-refractivity contribution in [3.8, 4) is 0 Å². The lowest BCUT2D eigenvalue weighted by molar-refractivity contribution is 0.103. The number of aliphatic hydroxyl groups excluding tert-OH is 1. The molecule has 16 heavy (non-hydrogen) atoms. The minimum atomic E-state index is -0.429. The molecule has 0 spiro atoms. The summed E-state index contributed by atoms with van der Waals surface area (Å²) in [6, 6.07) is 0.208. The Morgan fingerprint density at radius 1 is 1.38 bits per heavy atom. The van der Waals surface area contributed by atoms with Crippen molar-refractivity contribution in [1.29, 1.82) is 0 Å². The van der Waals surface area contributed by atoms with Crippen LogP contribution in [0.1, 0.15) is 46.0 Å². The van der Waals surface area contributed by atoms with E-state index in [1.807, 2.05) is 0 Å². The van der Waals surface area contributed by atoms with Crippen LogP contribution in [-0.4, -0.2) is 29.8 Å². The van der Waals surface area contributed by atoms with E-state index in [4.69, 9.17) is 0 Å². The number of aliphatic hydroxyl groups is 1. The van der Waals surface area contributed by atoms with E-state index in [1.165, 1.54) is 6.42 Å². The number of hydrogen-bond acceptors (Lipinski definition) is 2. The van der Waals surface area contributed by atoms with Gasteiger partial charge in [-0.05, 0) is 25.2 Å². The van der Waals surface area contributed by atoms with Gasteiger partial charge in [-0.3, -0.25) is 0 Å². The van der Waals surface area contributed by atoms with Crippen LogP contribution in [0.4, 0.5) is 4.79 Å². The molecular weight excluding hydrogens is 204 g/mol. The van der Waals surface area contributed by atoms with Crippen LogP contribution in [-0.2, 0) is 0 Å². The Hall–Kier alpha value is -0.770. The average molecular weight is 228 g/mol. The van der Waals surface area contributed by atoms with Crippen molar-refractivity contribution in [3.63, 3.8) is 0 Å². The molecule has 1 saturated carbocycles. The van der Waals surface area contributed by atoms with Gasteiger partial charge in [0.15, 0.2) is 0 Å². The van der Waals surface area contributed by atoms with Crippen LogP contribution >= 0.6 is 0 Å². The summed E-state index contributed by atoms with van der Waals surface area (Å²) in [7, 11) is 0. The summed E-state index contributed by atoms with van der Waals surface area (Å²) in [5, 5.41) is 15.4. The van der Waals surface area contributed by atoms with E-state index in [0.717, 1.165) is 25.7 Å².